The number of hydrogen-bond donors (Lipinski definition) is 2. The van der Waals surface area contributed by atoms with Crippen LogP contribution in [-0.4, -0.2) is 29.1 Å². The molecule has 2 bridgehead atoms. The van der Waals surface area contributed by atoms with Gasteiger partial charge in [-0.05, 0) is 18.8 Å². The fourth-order valence-corrected chi connectivity index (χ4v) is 2.70. The van der Waals surface area contributed by atoms with Gasteiger partial charge < -0.3 is 10.4 Å². The lowest BCUT2D eigenvalue weighted by Gasteiger charge is -2.31. The lowest BCUT2D eigenvalue weighted by molar-refractivity contribution is -0.143. The predicted octanol–water partition coefficient (Wildman–Crippen LogP) is 1.48. The number of nitrogens with one attached hydrogen (secondary N) is 1. The predicted molar refractivity (Wildman–Crippen MR) is 49.8 cm³/mol. The molecule has 0 amide bonds. The van der Waals surface area contributed by atoms with Crippen molar-refractivity contribution in [1.29, 1.82) is 0 Å². The maximum Gasteiger partial charge on any atom is 0.306 e. The van der Waals surface area contributed by atoms with E-state index in [9.17, 15) is 13.6 Å². The molecule has 2 saturated heterocycles. The SMILES string of the molecule is CC(C(=O)O)C1CC2CC(F)(F)C(C1)N2. The Hall–Kier alpha value is -0.710. The number of carboxylic acids is 1. The van der Waals surface area contributed by atoms with Gasteiger partial charge in [-0.3, -0.25) is 4.79 Å². The zero-order valence-corrected chi connectivity index (χ0v) is 8.54. The largest absolute Gasteiger partial charge is 0.481 e. The molecule has 0 aromatic rings. The van der Waals surface area contributed by atoms with Crippen molar-refractivity contribution in [3.63, 3.8) is 0 Å². The molecule has 0 aromatic heterocycles. The Morgan fingerprint density at radius 2 is 2.20 bits per heavy atom. The zero-order valence-electron chi connectivity index (χ0n) is 8.54. The number of carboxylic acid groups (broad SMARTS) is 1. The molecule has 86 valence electrons. The number of rotatable bonds is 2. The van der Waals surface area contributed by atoms with Crippen LogP contribution in [0.3, 0.4) is 0 Å². The number of fused-ring (bicyclic) bond motifs is 2. The minimum absolute atomic E-state index is 0.118. The van der Waals surface area contributed by atoms with E-state index in [2.05, 4.69) is 5.32 Å². The van der Waals surface area contributed by atoms with E-state index in [1.807, 2.05) is 0 Å². The van der Waals surface area contributed by atoms with Crippen LogP contribution in [0, 0.1) is 11.8 Å². The van der Waals surface area contributed by atoms with E-state index in [4.69, 9.17) is 5.11 Å². The van der Waals surface area contributed by atoms with Gasteiger partial charge in [0.15, 0.2) is 0 Å². The van der Waals surface area contributed by atoms with E-state index in [1.54, 1.807) is 6.92 Å². The molecule has 2 fully saturated rings. The Balaban J connectivity index is 2.07. The normalized spacial score (nSPS) is 40.1. The summed E-state index contributed by atoms with van der Waals surface area (Å²) >= 11 is 0. The van der Waals surface area contributed by atoms with Gasteiger partial charge in [0.2, 0.25) is 0 Å². The molecule has 5 heteroatoms. The topological polar surface area (TPSA) is 49.3 Å². The van der Waals surface area contributed by atoms with Crippen molar-refractivity contribution in [1.82, 2.24) is 5.32 Å². The second-order valence-electron chi connectivity index (χ2n) is 4.74. The van der Waals surface area contributed by atoms with Crippen molar-refractivity contribution in [3.8, 4) is 0 Å². The average Bonchev–Trinajstić information content (AvgIpc) is 2.34. The number of halogens is 2. The Morgan fingerprint density at radius 3 is 2.73 bits per heavy atom. The molecular weight excluding hydrogens is 204 g/mol. The molecule has 0 spiro atoms. The highest BCUT2D eigenvalue weighted by Gasteiger charge is 2.53. The minimum atomic E-state index is -2.66. The van der Waals surface area contributed by atoms with Gasteiger partial charge in [0.1, 0.15) is 0 Å². The molecule has 2 heterocycles. The van der Waals surface area contributed by atoms with E-state index in [-0.39, 0.29) is 24.8 Å². The Labute approximate surface area is 86.8 Å². The number of aliphatic carboxylic acids is 1. The molecule has 0 aliphatic carbocycles. The Bertz CT molecular complexity index is 283. The first-order valence-electron chi connectivity index (χ1n) is 5.27. The van der Waals surface area contributed by atoms with Gasteiger partial charge in [-0.15, -0.1) is 0 Å². The average molecular weight is 219 g/mol. The monoisotopic (exact) mass is 219 g/mol. The van der Waals surface area contributed by atoms with Crippen molar-refractivity contribution >= 4 is 5.97 Å². The van der Waals surface area contributed by atoms with Gasteiger partial charge in [0.25, 0.3) is 5.92 Å². The summed E-state index contributed by atoms with van der Waals surface area (Å²) in [6.45, 7) is 1.61. The molecule has 15 heavy (non-hydrogen) atoms. The maximum absolute atomic E-state index is 13.3. The van der Waals surface area contributed by atoms with E-state index in [0.717, 1.165) is 0 Å². The molecule has 0 aromatic carbocycles. The molecule has 0 radical (unpaired) electrons. The van der Waals surface area contributed by atoms with Crippen LogP contribution in [0.5, 0.6) is 0 Å². The number of alkyl halides is 2. The standard InChI is InChI=1S/C10H15F2NO2/c1-5(9(14)15)6-2-7-4-10(11,12)8(3-6)13-7/h5-8,13H,2-4H2,1H3,(H,14,15). The zero-order chi connectivity index (χ0) is 11.2. The molecule has 4 atom stereocenters. The van der Waals surface area contributed by atoms with Gasteiger partial charge >= 0.3 is 5.97 Å². The highest BCUT2D eigenvalue weighted by Crippen LogP contribution is 2.43. The third-order valence-corrected chi connectivity index (χ3v) is 3.69. The lowest BCUT2D eigenvalue weighted by atomic mass is 9.82. The van der Waals surface area contributed by atoms with Gasteiger partial charge in [-0.2, -0.15) is 0 Å². The Morgan fingerprint density at radius 1 is 1.53 bits per heavy atom. The number of carbonyl (C=O) groups is 1. The number of hydrogen-bond acceptors (Lipinski definition) is 2. The molecule has 2 aliphatic heterocycles. The van der Waals surface area contributed by atoms with E-state index >= 15 is 0 Å². The lowest BCUT2D eigenvalue weighted by Crippen LogP contribution is -2.45. The first-order valence-corrected chi connectivity index (χ1v) is 5.27. The van der Waals surface area contributed by atoms with Gasteiger partial charge in [0.05, 0.1) is 12.0 Å². The highest BCUT2D eigenvalue weighted by atomic mass is 19.3. The fraction of sp³-hybridized carbons (Fsp3) is 0.900. The second kappa shape index (κ2) is 3.40. The third-order valence-electron chi connectivity index (χ3n) is 3.69. The van der Waals surface area contributed by atoms with Crippen LogP contribution in [0.15, 0.2) is 0 Å². The van der Waals surface area contributed by atoms with Crippen molar-refractivity contribution in [2.24, 2.45) is 11.8 Å². The van der Waals surface area contributed by atoms with Crippen LogP contribution < -0.4 is 5.32 Å². The van der Waals surface area contributed by atoms with Crippen molar-refractivity contribution < 1.29 is 18.7 Å². The van der Waals surface area contributed by atoms with Crippen LogP contribution in [-0.2, 0) is 4.79 Å². The van der Waals surface area contributed by atoms with Gasteiger partial charge in [0, 0.05) is 12.5 Å². The molecule has 4 unspecified atom stereocenters. The molecule has 2 aliphatic rings. The molecule has 3 nitrogen and oxygen atoms in total. The summed E-state index contributed by atoms with van der Waals surface area (Å²) < 4.78 is 26.7. The summed E-state index contributed by atoms with van der Waals surface area (Å²) in [4.78, 5) is 10.8. The Kier molecular flexibility index (Phi) is 2.45. The van der Waals surface area contributed by atoms with E-state index in [0.29, 0.717) is 6.42 Å². The highest BCUT2D eigenvalue weighted by molar-refractivity contribution is 5.69. The quantitative estimate of drug-likeness (QED) is 0.739. The van der Waals surface area contributed by atoms with Crippen molar-refractivity contribution in [2.75, 3.05) is 0 Å². The van der Waals surface area contributed by atoms with Crippen LogP contribution in [0.1, 0.15) is 26.2 Å². The van der Waals surface area contributed by atoms with E-state index in [1.165, 1.54) is 0 Å². The molecule has 2 rings (SSSR count). The molecule has 2 N–H and O–H groups in total. The van der Waals surface area contributed by atoms with Crippen LogP contribution >= 0.6 is 0 Å². The first kappa shape index (κ1) is 10.8. The fourth-order valence-electron chi connectivity index (χ4n) is 2.70. The summed E-state index contributed by atoms with van der Waals surface area (Å²) in [5.41, 5.74) is 0. The van der Waals surface area contributed by atoms with Gasteiger partial charge in [-0.25, -0.2) is 8.78 Å². The summed E-state index contributed by atoms with van der Waals surface area (Å²) in [6, 6.07) is -1.02. The van der Waals surface area contributed by atoms with E-state index < -0.39 is 23.9 Å². The first-order chi connectivity index (χ1) is 6.90. The smallest absolute Gasteiger partial charge is 0.306 e. The minimum Gasteiger partial charge on any atom is -0.481 e. The molecule has 0 saturated carbocycles. The third kappa shape index (κ3) is 1.85. The second-order valence-corrected chi connectivity index (χ2v) is 4.74. The summed E-state index contributed by atoms with van der Waals surface area (Å²) in [6.07, 6.45) is 0.691. The maximum atomic E-state index is 13.3. The summed E-state index contributed by atoms with van der Waals surface area (Å²) in [5.74, 6) is -4.18. The van der Waals surface area contributed by atoms with Gasteiger partial charge in [-0.1, -0.05) is 6.92 Å². The number of piperidine rings is 1. The van der Waals surface area contributed by atoms with Crippen LogP contribution in [0.4, 0.5) is 8.78 Å². The summed E-state index contributed by atoms with van der Waals surface area (Å²) in [7, 11) is 0. The van der Waals surface area contributed by atoms with Crippen LogP contribution in [0.2, 0.25) is 0 Å². The molecular formula is C10H15F2NO2. The van der Waals surface area contributed by atoms with Crippen molar-refractivity contribution in [3.05, 3.63) is 0 Å². The van der Waals surface area contributed by atoms with Crippen LogP contribution in [0.25, 0.3) is 0 Å². The van der Waals surface area contributed by atoms with Crippen molar-refractivity contribution in [2.45, 2.75) is 44.2 Å². The summed E-state index contributed by atoms with van der Waals surface area (Å²) in [5, 5.41) is 11.7.